The van der Waals surface area contributed by atoms with E-state index < -0.39 is 5.82 Å². The summed E-state index contributed by atoms with van der Waals surface area (Å²) in [6.45, 7) is 1.85. The molecule has 0 aliphatic heterocycles. The molecule has 2 N–H and O–H groups in total. The highest BCUT2D eigenvalue weighted by Gasteiger charge is 2.04. The SMILES string of the molecule is Cc1ccc(OCc2ccc(F)cc2N)cc1F. The van der Waals surface area contributed by atoms with Crippen LogP contribution < -0.4 is 10.5 Å². The van der Waals surface area contributed by atoms with Crippen molar-refractivity contribution in [3.63, 3.8) is 0 Å². The number of hydrogen-bond donors (Lipinski definition) is 1. The van der Waals surface area contributed by atoms with Crippen LogP contribution in [-0.4, -0.2) is 0 Å². The van der Waals surface area contributed by atoms with E-state index in [1.54, 1.807) is 25.1 Å². The van der Waals surface area contributed by atoms with Gasteiger partial charge >= 0.3 is 0 Å². The van der Waals surface area contributed by atoms with E-state index in [0.29, 0.717) is 22.6 Å². The van der Waals surface area contributed by atoms with Gasteiger partial charge in [0.15, 0.2) is 0 Å². The third-order valence-electron chi connectivity index (χ3n) is 2.65. The molecule has 0 aromatic heterocycles. The average Bonchev–Trinajstić information content (AvgIpc) is 2.32. The summed E-state index contributed by atoms with van der Waals surface area (Å²) in [5.74, 6) is -0.293. The Kier molecular flexibility index (Phi) is 3.46. The van der Waals surface area contributed by atoms with Gasteiger partial charge in [-0.1, -0.05) is 12.1 Å². The highest BCUT2D eigenvalue weighted by molar-refractivity contribution is 5.46. The summed E-state index contributed by atoms with van der Waals surface area (Å²) < 4.78 is 31.5. The Bertz CT molecular complexity index is 570. The van der Waals surface area contributed by atoms with Gasteiger partial charge < -0.3 is 10.5 Å². The standard InChI is InChI=1S/C14H13F2NO/c1-9-2-5-12(7-13(9)16)18-8-10-3-4-11(15)6-14(10)17/h2-7H,8,17H2,1H3. The minimum atomic E-state index is -0.391. The van der Waals surface area contributed by atoms with E-state index in [-0.39, 0.29) is 12.4 Å². The summed E-state index contributed by atoms with van der Waals surface area (Å²) in [5, 5.41) is 0. The first-order chi connectivity index (χ1) is 8.56. The second-order valence-electron chi connectivity index (χ2n) is 4.04. The first kappa shape index (κ1) is 12.4. The van der Waals surface area contributed by atoms with Crippen LogP contribution in [0, 0.1) is 18.6 Å². The van der Waals surface area contributed by atoms with Gasteiger partial charge in [-0.3, -0.25) is 0 Å². The van der Waals surface area contributed by atoms with Crippen LogP contribution in [0.5, 0.6) is 5.75 Å². The summed E-state index contributed by atoms with van der Waals surface area (Å²) in [6.07, 6.45) is 0. The summed E-state index contributed by atoms with van der Waals surface area (Å²) in [5.41, 5.74) is 7.19. The number of hydrogen-bond acceptors (Lipinski definition) is 2. The second-order valence-corrected chi connectivity index (χ2v) is 4.04. The Morgan fingerprint density at radius 3 is 2.56 bits per heavy atom. The molecule has 0 fully saturated rings. The topological polar surface area (TPSA) is 35.2 Å². The molecule has 0 saturated carbocycles. The number of anilines is 1. The molecule has 4 heteroatoms. The lowest BCUT2D eigenvalue weighted by Crippen LogP contribution is -2.01. The molecule has 0 saturated heterocycles. The van der Waals surface area contributed by atoms with Crippen LogP contribution in [0.3, 0.4) is 0 Å². The zero-order valence-corrected chi connectivity index (χ0v) is 9.91. The maximum Gasteiger partial charge on any atom is 0.129 e. The molecule has 0 unspecified atom stereocenters. The molecule has 0 aliphatic carbocycles. The van der Waals surface area contributed by atoms with Crippen LogP contribution >= 0.6 is 0 Å². The van der Waals surface area contributed by atoms with Gasteiger partial charge in [0, 0.05) is 17.3 Å². The van der Waals surface area contributed by atoms with Crippen molar-refractivity contribution >= 4 is 5.69 Å². The van der Waals surface area contributed by atoms with Gasteiger partial charge in [-0.05, 0) is 30.7 Å². The number of ether oxygens (including phenoxy) is 1. The molecule has 94 valence electrons. The molecule has 0 aliphatic rings. The van der Waals surface area contributed by atoms with Crippen LogP contribution in [-0.2, 0) is 6.61 Å². The molecule has 0 atom stereocenters. The number of aryl methyl sites for hydroxylation is 1. The van der Waals surface area contributed by atoms with Crippen molar-refractivity contribution in [3.8, 4) is 5.75 Å². The predicted octanol–water partition coefficient (Wildman–Crippen LogP) is 3.43. The monoisotopic (exact) mass is 249 g/mol. The van der Waals surface area contributed by atoms with Gasteiger partial charge in [0.25, 0.3) is 0 Å². The van der Waals surface area contributed by atoms with Crippen LogP contribution in [0.4, 0.5) is 14.5 Å². The number of halogens is 2. The van der Waals surface area contributed by atoms with Gasteiger partial charge in [-0.25, -0.2) is 8.78 Å². The predicted molar refractivity (Wildman–Crippen MR) is 66.3 cm³/mol. The minimum Gasteiger partial charge on any atom is -0.489 e. The molecule has 0 radical (unpaired) electrons. The van der Waals surface area contributed by atoms with E-state index in [2.05, 4.69) is 0 Å². The van der Waals surface area contributed by atoms with Gasteiger partial charge in [-0.2, -0.15) is 0 Å². The normalized spacial score (nSPS) is 10.4. The molecule has 0 amide bonds. The quantitative estimate of drug-likeness (QED) is 0.846. The fourth-order valence-corrected chi connectivity index (χ4v) is 1.52. The third kappa shape index (κ3) is 2.77. The molecule has 0 heterocycles. The molecule has 2 aromatic rings. The van der Waals surface area contributed by atoms with E-state index in [4.69, 9.17) is 10.5 Å². The zero-order valence-electron chi connectivity index (χ0n) is 9.91. The molecule has 0 spiro atoms. The molecule has 0 bridgehead atoms. The van der Waals surface area contributed by atoms with E-state index in [1.807, 2.05) is 0 Å². The molecule has 2 nitrogen and oxygen atoms in total. The number of nitrogen functional groups attached to an aromatic ring is 1. The zero-order chi connectivity index (χ0) is 13.1. The maximum atomic E-state index is 13.3. The van der Waals surface area contributed by atoms with Crippen LogP contribution in [0.2, 0.25) is 0 Å². The Balaban J connectivity index is 2.09. The van der Waals surface area contributed by atoms with Gasteiger partial charge in [0.1, 0.15) is 24.0 Å². The van der Waals surface area contributed by atoms with Crippen LogP contribution in [0.15, 0.2) is 36.4 Å². The third-order valence-corrected chi connectivity index (χ3v) is 2.65. The number of rotatable bonds is 3. The highest BCUT2D eigenvalue weighted by Crippen LogP contribution is 2.19. The summed E-state index contributed by atoms with van der Waals surface area (Å²) in [7, 11) is 0. The number of nitrogens with two attached hydrogens (primary N) is 1. The van der Waals surface area contributed by atoms with Gasteiger partial charge in [0.2, 0.25) is 0 Å². The van der Waals surface area contributed by atoms with E-state index in [0.717, 1.165) is 0 Å². The Morgan fingerprint density at radius 2 is 1.89 bits per heavy atom. The van der Waals surface area contributed by atoms with Crippen molar-refractivity contribution in [2.75, 3.05) is 5.73 Å². The van der Waals surface area contributed by atoms with Gasteiger partial charge in [-0.15, -0.1) is 0 Å². The van der Waals surface area contributed by atoms with Gasteiger partial charge in [0.05, 0.1) is 0 Å². The van der Waals surface area contributed by atoms with Crippen molar-refractivity contribution in [1.82, 2.24) is 0 Å². The smallest absolute Gasteiger partial charge is 0.129 e. The van der Waals surface area contributed by atoms with Crippen molar-refractivity contribution in [1.29, 1.82) is 0 Å². The minimum absolute atomic E-state index is 0.175. The molecular formula is C14H13F2NO. The van der Waals surface area contributed by atoms with Crippen LogP contribution in [0.1, 0.15) is 11.1 Å². The first-order valence-corrected chi connectivity index (χ1v) is 5.49. The lowest BCUT2D eigenvalue weighted by molar-refractivity contribution is 0.305. The first-order valence-electron chi connectivity index (χ1n) is 5.49. The fourth-order valence-electron chi connectivity index (χ4n) is 1.52. The molecule has 2 rings (SSSR count). The van der Waals surface area contributed by atoms with Crippen LogP contribution in [0.25, 0.3) is 0 Å². The lowest BCUT2D eigenvalue weighted by atomic mass is 10.2. The average molecular weight is 249 g/mol. The molecule has 18 heavy (non-hydrogen) atoms. The van der Waals surface area contributed by atoms with Crippen molar-refractivity contribution in [3.05, 3.63) is 59.2 Å². The summed E-state index contributed by atoms with van der Waals surface area (Å²) in [4.78, 5) is 0. The summed E-state index contributed by atoms with van der Waals surface area (Å²) >= 11 is 0. The van der Waals surface area contributed by atoms with Crippen molar-refractivity contribution in [2.24, 2.45) is 0 Å². The second kappa shape index (κ2) is 5.04. The highest BCUT2D eigenvalue weighted by atomic mass is 19.1. The largest absolute Gasteiger partial charge is 0.489 e. The maximum absolute atomic E-state index is 13.3. The van der Waals surface area contributed by atoms with Crippen molar-refractivity contribution in [2.45, 2.75) is 13.5 Å². The molecular weight excluding hydrogens is 236 g/mol. The van der Waals surface area contributed by atoms with E-state index >= 15 is 0 Å². The van der Waals surface area contributed by atoms with E-state index in [1.165, 1.54) is 18.2 Å². The number of benzene rings is 2. The fraction of sp³-hybridized carbons (Fsp3) is 0.143. The molecule has 2 aromatic carbocycles. The Labute approximate surface area is 104 Å². The van der Waals surface area contributed by atoms with E-state index in [9.17, 15) is 8.78 Å². The Morgan fingerprint density at radius 1 is 1.11 bits per heavy atom. The summed E-state index contributed by atoms with van der Waals surface area (Å²) in [6, 6.07) is 8.72. The Hall–Kier alpha value is -2.10. The lowest BCUT2D eigenvalue weighted by Gasteiger charge is -2.09. The van der Waals surface area contributed by atoms with Crippen molar-refractivity contribution < 1.29 is 13.5 Å².